The van der Waals surface area contributed by atoms with Gasteiger partial charge in [0, 0.05) is 0 Å². The van der Waals surface area contributed by atoms with Crippen molar-refractivity contribution in [3.05, 3.63) is 30.3 Å². The molecule has 0 unspecified atom stereocenters. The van der Waals surface area contributed by atoms with E-state index in [4.69, 9.17) is 5.11 Å². The van der Waals surface area contributed by atoms with Crippen LogP contribution in [0.15, 0.2) is 30.3 Å². The molecule has 16 saturated carbocycles. The van der Waals surface area contributed by atoms with Crippen LogP contribution in [0.4, 0.5) is 0 Å². The molecule has 0 amide bonds. The Kier molecular flexibility index (Phi) is 9.50. The molecule has 0 radical (unpaired) electrons. The number of phenolic OH excluding ortho intramolecular Hbond substituents is 1. The molecule has 0 aromatic heterocycles. The first-order valence-corrected chi connectivity index (χ1v) is 21.7. The lowest BCUT2D eigenvalue weighted by Crippen LogP contribution is -2.38. The van der Waals surface area contributed by atoms with Gasteiger partial charge in [0.05, 0.1) is 0 Å². The smallest absolute Gasteiger partial charge is 0.115 e. The van der Waals surface area contributed by atoms with E-state index in [0.717, 1.165) is 0 Å². The fourth-order valence-electron chi connectivity index (χ4n) is 16.4. The van der Waals surface area contributed by atoms with Crippen LogP contribution in [0.3, 0.4) is 0 Å². The van der Waals surface area contributed by atoms with Crippen molar-refractivity contribution < 1.29 is 5.11 Å². The van der Waals surface area contributed by atoms with Crippen molar-refractivity contribution in [3.8, 4) is 5.75 Å². The topological polar surface area (TPSA) is 20.2 Å². The van der Waals surface area contributed by atoms with Crippen LogP contribution in [0, 0.1) is 94.7 Å². The van der Waals surface area contributed by atoms with E-state index in [0.29, 0.717) is 5.75 Å². The molecular formula is C46H70O. The Morgan fingerprint density at radius 2 is 0.362 bits per heavy atom. The van der Waals surface area contributed by atoms with Gasteiger partial charge in [-0.1, -0.05) is 18.2 Å². The Morgan fingerprint density at radius 3 is 0.447 bits per heavy atom. The first kappa shape index (κ1) is 32.0. The third-order valence-corrected chi connectivity index (χ3v) is 16.8. The summed E-state index contributed by atoms with van der Waals surface area (Å²) in [5.74, 6) is 19.2. The number of hydrogen-bond acceptors (Lipinski definition) is 1. The molecule has 0 heterocycles. The molecule has 16 aliphatic carbocycles. The molecule has 0 saturated heterocycles. The summed E-state index contributed by atoms with van der Waals surface area (Å²) in [6, 6.07) is 8.71. The highest BCUT2D eigenvalue weighted by molar-refractivity contribution is 5.18. The van der Waals surface area contributed by atoms with Crippen LogP contribution in [-0.4, -0.2) is 5.11 Å². The number of benzene rings is 1. The Balaban J connectivity index is 0.0000000810. The molecule has 16 fully saturated rings. The van der Waals surface area contributed by atoms with E-state index in [2.05, 4.69) is 0 Å². The average molecular weight is 639 g/mol. The number of aromatic hydroxyl groups is 1. The van der Waals surface area contributed by atoms with Crippen molar-refractivity contribution in [1.29, 1.82) is 0 Å². The van der Waals surface area contributed by atoms with E-state index in [9.17, 15) is 0 Å². The third kappa shape index (κ3) is 7.85. The summed E-state index contributed by atoms with van der Waals surface area (Å²) < 4.78 is 0. The Hall–Kier alpha value is -0.980. The zero-order valence-electron chi connectivity index (χ0n) is 30.0. The van der Waals surface area contributed by atoms with Gasteiger partial charge >= 0.3 is 0 Å². The summed E-state index contributed by atoms with van der Waals surface area (Å²) in [6.45, 7) is 0. The minimum Gasteiger partial charge on any atom is -0.508 e. The van der Waals surface area contributed by atoms with Gasteiger partial charge in [-0.25, -0.2) is 0 Å². The zero-order chi connectivity index (χ0) is 31.3. The number of hydrogen-bond donors (Lipinski definition) is 1. The fourth-order valence-corrected chi connectivity index (χ4v) is 16.4. The molecule has 47 heavy (non-hydrogen) atoms. The molecule has 1 nitrogen and oxygen atoms in total. The molecule has 0 aliphatic heterocycles. The van der Waals surface area contributed by atoms with Crippen LogP contribution in [0.2, 0.25) is 0 Å². The van der Waals surface area contributed by atoms with E-state index in [1.807, 2.05) is 6.07 Å². The number of phenols is 1. The van der Waals surface area contributed by atoms with Gasteiger partial charge in [0.15, 0.2) is 0 Å². The van der Waals surface area contributed by atoms with Gasteiger partial charge in [0.2, 0.25) is 0 Å². The molecule has 1 heteroatoms. The third-order valence-electron chi connectivity index (χ3n) is 16.8. The van der Waals surface area contributed by atoms with Crippen molar-refractivity contribution in [3.63, 3.8) is 0 Å². The van der Waals surface area contributed by atoms with Crippen LogP contribution in [-0.2, 0) is 0 Å². The highest BCUT2D eigenvalue weighted by Gasteiger charge is 2.44. The molecule has 16 bridgehead atoms. The summed E-state index contributed by atoms with van der Waals surface area (Å²) in [5.41, 5.74) is 0. The van der Waals surface area contributed by atoms with E-state index in [1.165, 1.54) is 94.7 Å². The maximum absolute atomic E-state index is 8.63. The van der Waals surface area contributed by atoms with E-state index in [1.54, 1.807) is 178 Å². The second kappa shape index (κ2) is 14.0. The van der Waals surface area contributed by atoms with Crippen molar-refractivity contribution in [1.82, 2.24) is 0 Å². The Labute approximate surface area is 289 Å². The number of rotatable bonds is 0. The minimum absolute atomic E-state index is 0.322. The van der Waals surface area contributed by atoms with Crippen molar-refractivity contribution in [2.75, 3.05) is 0 Å². The normalized spacial score (nSPS) is 50.3. The Bertz CT molecular complexity index is 781. The van der Waals surface area contributed by atoms with E-state index in [-0.39, 0.29) is 0 Å². The van der Waals surface area contributed by atoms with Crippen LogP contribution in [0.1, 0.15) is 154 Å². The van der Waals surface area contributed by atoms with Gasteiger partial charge in [0.25, 0.3) is 0 Å². The molecule has 0 spiro atoms. The van der Waals surface area contributed by atoms with Gasteiger partial charge in [-0.2, -0.15) is 0 Å². The maximum Gasteiger partial charge on any atom is 0.115 e. The molecule has 16 aliphatic rings. The summed E-state index contributed by atoms with van der Waals surface area (Å²) >= 11 is 0. The van der Waals surface area contributed by atoms with Gasteiger partial charge < -0.3 is 5.11 Å². The van der Waals surface area contributed by atoms with Crippen LogP contribution >= 0.6 is 0 Å². The molecule has 1 aromatic rings. The summed E-state index contributed by atoms with van der Waals surface area (Å²) in [6.07, 6.45) is 38.5. The van der Waals surface area contributed by atoms with Crippen LogP contribution in [0.5, 0.6) is 5.75 Å². The van der Waals surface area contributed by atoms with Crippen molar-refractivity contribution in [2.45, 2.75) is 154 Å². The summed E-state index contributed by atoms with van der Waals surface area (Å²) in [5, 5.41) is 8.63. The SMILES string of the molecule is C1C2CC3CC1CC(C2)C3.C1C2CC3CC1CC(C2)C3.C1C2CC3CC1CC(C2)C3.C1C2CC3CC1CC(C2)C3.Oc1ccccc1. The zero-order valence-corrected chi connectivity index (χ0v) is 30.0. The second-order valence-corrected chi connectivity index (χ2v) is 20.8. The molecule has 1 aromatic carbocycles. The van der Waals surface area contributed by atoms with Gasteiger partial charge in [-0.3, -0.25) is 0 Å². The molecule has 0 atom stereocenters. The predicted molar refractivity (Wildman–Crippen MR) is 195 cm³/mol. The van der Waals surface area contributed by atoms with E-state index >= 15 is 0 Å². The van der Waals surface area contributed by atoms with Gasteiger partial charge in [0.1, 0.15) is 5.75 Å². The van der Waals surface area contributed by atoms with Crippen molar-refractivity contribution >= 4 is 0 Å². The summed E-state index contributed by atoms with van der Waals surface area (Å²) in [7, 11) is 0. The monoisotopic (exact) mass is 639 g/mol. The lowest BCUT2D eigenvalue weighted by molar-refractivity contribution is 0.0197. The first-order valence-electron chi connectivity index (χ1n) is 21.7. The molecular weight excluding hydrogens is 569 g/mol. The van der Waals surface area contributed by atoms with Crippen molar-refractivity contribution in [2.24, 2.45) is 94.7 Å². The quantitative estimate of drug-likeness (QED) is 0.300. The lowest BCUT2D eigenvalue weighted by Gasteiger charge is -2.49. The standard InChI is InChI=1S/4C10H16.C6H6O/c4*1-7-2-9-4-8(1)5-10(3-7)6-9;7-6-4-2-1-3-5-6/h4*7-10H,1-6H2;1-5,7H. The highest BCUT2D eigenvalue weighted by atomic mass is 16.3. The van der Waals surface area contributed by atoms with E-state index < -0.39 is 0 Å². The second-order valence-electron chi connectivity index (χ2n) is 20.8. The molecule has 1 N–H and O–H groups in total. The maximum atomic E-state index is 8.63. The predicted octanol–water partition coefficient (Wildman–Crippen LogP) is 12.7. The minimum atomic E-state index is 0.322. The van der Waals surface area contributed by atoms with Gasteiger partial charge in [-0.05, 0) is 261 Å². The lowest BCUT2D eigenvalue weighted by atomic mass is 9.56. The fraction of sp³-hybridized carbons (Fsp3) is 0.870. The first-order chi connectivity index (χ1) is 23.0. The Morgan fingerprint density at radius 1 is 0.234 bits per heavy atom. The van der Waals surface area contributed by atoms with Gasteiger partial charge in [-0.15, -0.1) is 0 Å². The average Bonchev–Trinajstić information content (AvgIpc) is 3.00. The summed E-state index contributed by atoms with van der Waals surface area (Å²) in [4.78, 5) is 0. The number of para-hydroxylation sites is 1. The molecule has 17 rings (SSSR count). The molecule has 260 valence electrons. The largest absolute Gasteiger partial charge is 0.508 e. The van der Waals surface area contributed by atoms with Crippen LogP contribution < -0.4 is 0 Å². The highest BCUT2D eigenvalue weighted by Crippen LogP contribution is 2.56. The van der Waals surface area contributed by atoms with Crippen LogP contribution in [0.25, 0.3) is 0 Å².